The highest BCUT2D eigenvalue weighted by Crippen LogP contribution is 2.27. The van der Waals surface area contributed by atoms with Crippen molar-refractivity contribution in [3.8, 4) is 0 Å². The number of thioether (sulfide) groups is 1. The van der Waals surface area contributed by atoms with Gasteiger partial charge in [0.05, 0.1) is 0 Å². The highest BCUT2D eigenvalue weighted by atomic mass is 32.2. The van der Waals surface area contributed by atoms with Crippen LogP contribution in [-0.4, -0.2) is 21.9 Å². The van der Waals surface area contributed by atoms with Crippen LogP contribution in [0.3, 0.4) is 0 Å². The van der Waals surface area contributed by atoms with Gasteiger partial charge in [0.15, 0.2) is 0 Å². The van der Waals surface area contributed by atoms with E-state index in [0.29, 0.717) is 23.5 Å². The van der Waals surface area contributed by atoms with Crippen molar-refractivity contribution in [2.24, 2.45) is 5.92 Å². The highest BCUT2D eigenvalue weighted by Gasteiger charge is 2.25. The van der Waals surface area contributed by atoms with Crippen molar-refractivity contribution in [2.45, 2.75) is 77.5 Å². The van der Waals surface area contributed by atoms with Gasteiger partial charge < -0.3 is 14.5 Å². The fraction of sp³-hybridized carbons (Fsp3) is 0.571. The molecular formula is C21H31N3O3S. The molecule has 2 rings (SSSR count). The summed E-state index contributed by atoms with van der Waals surface area (Å²) in [6.45, 7) is 13.8. The zero-order valence-corrected chi connectivity index (χ0v) is 18.6. The number of amides is 1. The van der Waals surface area contributed by atoms with Crippen molar-refractivity contribution in [2.75, 3.05) is 0 Å². The quantitative estimate of drug-likeness (QED) is 0.605. The van der Waals surface area contributed by atoms with Crippen molar-refractivity contribution >= 4 is 17.9 Å². The van der Waals surface area contributed by atoms with Crippen LogP contribution in [0.4, 0.5) is 4.79 Å². The van der Waals surface area contributed by atoms with Gasteiger partial charge in [0.1, 0.15) is 11.6 Å². The number of nitrogens with one attached hydrogen (secondary N) is 1. The number of carbonyl (C=O) groups excluding carboxylic acids is 1. The van der Waals surface area contributed by atoms with Crippen LogP contribution in [0.15, 0.2) is 27.8 Å². The van der Waals surface area contributed by atoms with Gasteiger partial charge in [-0.05, 0) is 58.1 Å². The predicted octanol–water partition coefficient (Wildman–Crippen LogP) is 5.59. The number of aryl methyl sites for hydroxylation is 2. The summed E-state index contributed by atoms with van der Waals surface area (Å²) >= 11 is 1.50. The Morgan fingerprint density at radius 1 is 1.25 bits per heavy atom. The Morgan fingerprint density at radius 2 is 1.96 bits per heavy atom. The monoisotopic (exact) mass is 405 g/mol. The fourth-order valence-electron chi connectivity index (χ4n) is 2.66. The van der Waals surface area contributed by atoms with Crippen molar-refractivity contribution in [3.63, 3.8) is 0 Å². The number of rotatable bonds is 7. The van der Waals surface area contributed by atoms with Crippen molar-refractivity contribution in [3.05, 3.63) is 40.8 Å². The van der Waals surface area contributed by atoms with Gasteiger partial charge in [-0.1, -0.05) is 49.4 Å². The minimum atomic E-state index is -0.562. The van der Waals surface area contributed by atoms with Gasteiger partial charge in [0.2, 0.25) is 5.89 Å². The Balaban J connectivity index is 2.06. The third-order valence-corrected chi connectivity index (χ3v) is 4.84. The number of benzene rings is 1. The molecule has 0 radical (unpaired) electrons. The van der Waals surface area contributed by atoms with Crippen molar-refractivity contribution in [1.29, 1.82) is 0 Å². The summed E-state index contributed by atoms with van der Waals surface area (Å²) in [5.41, 5.74) is 3.15. The maximum Gasteiger partial charge on any atom is 0.408 e. The summed E-state index contributed by atoms with van der Waals surface area (Å²) in [5.74, 6) is 1.50. The van der Waals surface area contributed by atoms with Crippen LogP contribution in [0.5, 0.6) is 0 Å². The van der Waals surface area contributed by atoms with Crippen molar-refractivity contribution < 1.29 is 13.9 Å². The van der Waals surface area contributed by atoms with E-state index in [4.69, 9.17) is 9.15 Å². The van der Waals surface area contributed by atoms with E-state index in [1.54, 1.807) is 0 Å². The highest BCUT2D eigenvalue weighted by molar-refractivity contribution is 7.98. The molecule has 0 spiro atoms. The predicted molar refractivity (Wildman–Crippen MR) is 111 cm³/mol. The Kier molecular flexibility index (Phi) is 7.52. The van der Waals surface area contributed by atoms with E-state index in [1.165, 1.54) is 28.5 Å². The second-order valence-electron chi connectivity index (χ2n) is 8.45. The molecular weight excluding hydrogens is 374 g/mol. The first kappa shape index (κ1) is 22.3. The number of aromatic nitrogens is 2. The Hall–Kier alpha value is -2.02. The van der Waals surface area contributed by atoms with Crippen molar-refractivity contribution in [1.82, 2.24) is 15.5 Å². The molecule has 1 aromatic heterocycles. The first-order valence-electron chi connectivity index (χ1n) is 9.55. The molecule has 6 nitrogen and oxygen atoms in total. The summed E-state index contributed by atoms with van der Waals surface area (Å²) in [7, 11) is 0. The number of ether oxygens (including phenoxy) is 1. The number of carbonyl (C=O) groups is 1. The van der Waals surface area contributed by atoms with Gasteiger partial charge in [-0.2, -0.15) is 0 Å². The van der Waals surface area contributed by atoms with Gasteiger partial charge in [-0.15, -0.1) is 10.2 Å². The van der Waals surface area contributed by atoms with E-state index in [9.17, 15) is 4.79 Å². The molecule has 0 bridgehead atoms. The Morgan fingerprint density at radius 3 is 2.61 bits per heavy atom. The van der Waals surface area contributed by atoms with E-state index in [0.717, 1.165) is 5.75 Å². The Bertz CT molecular complexity index is 796. The average Bonchev–Trinajstić information content (AvgIpc) is 3.02. The fourth-order valence-corrected chi connectivity index (χ4v) is 3.49. The normalized spacial score (nSPS) is 12.9. The molecule has 0 unspecified atom stereocenters. The molecule has 0 saturated carbocycles. The zero-order chi connectivity index (χ0) is 20.9. The first-order chi connectivity index (χ1) is 13.0. The van der Waals surface area contributed by atoms with Crippen LogP contribution in [0.1, 0.15) is 69.7 Å². The lowest BCUT2D eigenvalue weighted by Gasteiger charge is -2.22. The van der Waals surface area contributed by atoms with E-state index in [2.05, 4.69) is 61.4 Å². The molecule has 1 amide bonds. The minimum absolute atomic E-state index is 0.345. The first-order valence-corrected chi connectivity index (χ1v) is 10.5. The van der Waals surface area contributed by atoms with Gasteiger partial charge in [0.25, 0.3) is 5.22 Å². The maximum absolute atomic E-state index is 12.2. The number of alkyl carbamates (subject to hydrolysis) is 1. The van der Waals surface area contributed by atoms with Crippen LogP contribution < -0.4 is 5.32 Å². The second kappa shape index (κ2) is 9.45. The molecule has 0 aliphatic carbocycles. The molecule has 2 aromatic rings. The van der Waals surface area contributed by atoms with Gasteiger partial charge >= 0.3 is 6.09 Å². The lowest BCUT2D eigenvalue weighted by Crippen LogP contribution is -2.35. The molecule has 28 heavy (non-hydrogen) atoms. The van der Waals surface area contributed by atoms with Gasteiger partial charge in [-0.25, -0.2) is 4.79 Å². The summed E-state index contributed by atoms with van der Waals surface area (Å²) in [6, 6.07) is 6.02. The molecule has 1 heterocycles. The van der Waals surface area contributed by atoms with Crippen LogP contribution >= 0.6 is 11.8 Å². The summed E-state index contributed by atoms with van der Waals surface area (Å²) < 4.78 is 11.2. The van der Waals surface area contributed by atoms with Crippen LogP contribution in [0.25, 0.3) is 0 Å². The molecule has 0 aliphatic heterocycles. The Labute approximate surface area is 171 Å². The van der Waals surface area contributed by atoms with Gasteiger partial charge in [0, 0.05) is 5.75 Å². The van der Waals surface area contributed by atoms with Crippen LogP contribution in [-0.2, 0) is 10.5 Å². The van der Waals surface area contributed by atoms with E-state index in [-0.39, 0.29) is 6.04 Å². The summed E-state index contributed by atoms with van der Waals surface area (Å²) in [5, 5.41) is 11.7. The lowest BCUT2D eigenvalue weighted by atomic mass is 10.0. The SMILES string of the molecule is Cc1ccc(C)c(CSc2nnc([C@H](CC(C)C)NC(=O)OC(C)(C)C)o2)c1. The smallest absolute Gasteiger partial charge is 0.408 e. The lowest BCUT2D eigenvalue weighted by molar-refractivity contribution is 0.0487. The van der Waals surface area contributed by atoms with E-state index >= 15 is 0 Å². The number of hydrogen-bond donors (Lipinski definition) is 1. The molecule has 0 saturated heterocycles. The third-order valence-electron chi connectivity index (χ3n) is 3.97. The van der Waals surface area contributed by atoms with E-state index in [1.807, 2.05) is 20.8 Å². The van der Waals surface area contributed by atoms with Crippen LogP contribution in [0.2, 0.25) is 0 Å². The minimum Gasteiger partial charge on any atom is -0.444 e. The van der Waals surface area contributed by atoms with Crippen LogP contribution in [0, 0.1) is 19.8 Å². The molecule has 1 atom stereocenters. The summed E-state index contributed by atoms with van der Waals surface area (Å²) in [4.78, 5) is 12.2. The second-order valence-corrected chi connectivity index (χ2v) is 9.38. The molecule has 1 aromatic carbocycles. The number of nitrogens with zero attached hydrogens (tertiary/aromatic N) is 2. The molecule has 7 heteroatoms. The largest absolute Gasteiger partial charge is 0.444 e. The average molecular weight is 406 g/mol. The maximum atomic E-state index is 12.2. The van der Waals surface area contributed by atoms with E-state index < -0.39 is 11.7 Å². The zero-order valence-electron chi connectivity index (χ0n) is 17.8. The third kappa shape index (κ3) is 7.19. The molecule has 0 fully saturated rings. The standard InChI is InChI=1S/C21H31N3O3S/c1-13(2)10-17(22-19(25)27-21(5,6)7)18-23-24-20(26-18)28-12-16-11-14(3)8-9-15(16)4/h8-9,11,13,17H,10,12H2,1-7H3,(H,22,25)/t17-/m0/s1. The molecule has 1 N–H and O–H groups in total. The topological polar surface area (TPSA) is 77.2 Å². The number of hydrogen-bond acceptors (Lipinski definition) is 6. The van der Waals surface area contributed by atoms with Gasteiger partial charge in [-0.3, -0.25) is 0 Å². The molecule has 0 aliphatic rings. The molecule has 154 valence electrons. The summed E-state index contributed by atoms with van der Waals surface area (Å²) in [6.07, 6.45) is 0.198.